The molecule has 2 aromatic rings. The van der Waals surface area contributed by atoms with Crippen molar-refractivity contribution in [1.82, 2.24) is 20.3 Å². The van der Waals surface area contributed by atoms with Gasteiger partial charge in [0.1, 0.15) is 11.4 Å². The molecule has 0 aliphatic carbocycles. The molecule has 1 atom stereocenters. The molecule has 3 N–H and O–H groups in total. The molecule has 0 aliphatic rings. The summed E-state index contributed by atoms with van der Waals surface area (Å²) in [6.45, 7) is 7.01. The SMILES string of the molecule is COc1ccc(-n2cc(CN=C(N)NC(C)CCCC(C)C)nn2)cc1.I. The minimum atomic E-state index is 0. The number of benzene rings is 1. The zero-order valence-electron chi connectivity index (χ0n) is 16.6. The van der Waals surface area contributed by atoms with Gasteiger partial charge in [-0.05, 0) is 43.5 Å². The van der Waals surface area contributed by atoms with Crippen LogP contribution in [0.25, 0.3) is 5.69 Å². The van der Waals surface area contributed by atoms with Gasteiger partial charge in [0, 0.05) is 6.04 Å². The summed E-state index contributed by atoms with van der Waals surface area (Å²) in [6.07, 6.45) is 5.36. The van der Waals surface area contributed by atoms with E-state index in [4.69, 9.17) is 10.5 Å². The second kappa shape index (κ2) is 11.8. The van der Waals surface area contributed by atoms with Crippen molar-refractivity contribution in [2.24, 2.45) is 16.6 Å². The molecule has 0 aliphatic heterocycles. The molecule has 0 amide bonds. The molecule has 2 rings (SSSR count). The molecule has 0 spiro atoms. The number of hydrogen-bond donors (Lipinski definition) is 2. The zero-order chi connectivity index (χ0) is 18.9. The Hall–Kier alpha value is -1.84. The summed E-state index contributed by atoms with van der Waals surface area (Å²) in [4.78, 5) is 4.36. The lowest BCUT2D eigenvalue weighted by atomic mass is 10.0. The Morgan fingerprint density at radius 2 is 1.93 bits per heavy atom. The predicted molar refractivity (Wildman–Crippen MR) is 120 cm³/mol. The zero-order valence-corrected chi connectivity index (χ0v) is 18.9. The predicted octanol–water partition coefficient (Wildman–Crippen LogP) is 3.51. The quantitative estimate of drug-likeness (QED) is 0.322. The fourth-order valence-corrected chi connectivity index (χ4v) is 2.60. The smallest absolute Gasteiger partial charge is 0.189 e. The molecule has 1 heterocycles. The van der Waals surface area contributed by atoms with Crippen LogP contribution in [0.2, 0.25) is 0 Å². The Morgan fingerprint density at radius 1 is 1.22 bits per heavy atom. The molecular formula is C19H31IN6O. The third-order valence-electron chi connectivity index (χ3n) is 4.10. The first-order valence-corrected chi connectivity index (χ1v) is 9.10. The number of rotatable bonds is 9. The summed E-state index contributed by atoms with van der Waals surface area (Å²) < 4.78 is 6.87. The third-order valence-corrected chi connectivity index (χ3v) is 4.10. The number of aliphatic imine (C=N–C) groups is 1. The van der Waals surface area contributed by atoms with Gasteiger partial charge in [0.2, 0.25) is 0 Å². The van der Waals surface area contributed by atoms with E-state index in [-0.39, 0.29) is 24.0 Å². The molecule has 1 aromatic heterocycles. The van der Waals surface area contributed by atoms with Crippen molar-refractivity contribution in [2.75, 3.05) is 7.11 Å². The fourth-order valence-electron chi connectivity index (χ4n) is 2.60. The van der Waals surface area contributed by atoms with Gasteiger partial charge >= 0.3 is 0 Å². The topological polar surface area (TPSA) is 90.3 Å². The maximum atomic E-state index is 5.97. The molecule has 150 valence electrons. The van der Waals surface area contributed by atoms with Gasteiger partial charge in [-0.25, -0.2) is 9.67 Å². The van der Waals surface area contributed by atoms with E-state index in [1.54, 1.807) is 11.8 Å². The molecule has 0 fully saturated rings. The summed E-state index contributed by atoms with van der Waals surface area (Å²) in [5.41, 5.74) is 7.65. The number of hydrogen-bond acceptors (Lipinski definition) is 4. The van der Waals surface area contributed by atoms with Crippen molar-refractivity contribution in [3.8, 4) is 11.4 Å². The molecule has 0 saturated carbocycles. The lowest BCUT2D eigenvalue weighted by Crippen LogP contribution is -2.38. The van der Waals surface area contributed by atoms with E-state index in [9.17, 15) is 0 Å². The van der Waals surface area contributed by atoms with Gasteiger partial charge in [-0.15, -0.1) is 29.1 Å². The monoisotopic (exact) mass is 486 g/mol. The van der Waals surface area contributed by atoms with Crippen LogP contribution in [0.1, 0.15) is 45.7 Å². The number of aromatic nitrogens is 3. The molecule has 1 aromatic carbocycles. The fraction of sp³-hybridized carbons (Fsp3) is 0.526. The van der Waals surface area contributed by atoms with Crippen LogP contribution in [-0.4, -0.2) is 34.1 Å². The van der Waals surface area contributed by atoms with Crippen LogP contribution in [0.3, 0.4) is 0 Å². The van der Waals surface area contributed by atoms with Gasteiger partial charge < -0.3 is 15.8 Å². The third kappa shape index (κ3) is 8.15. The molecule has 0 bridgehead atoms. The average molecular weight is 486 g/mol. The number of ether oxygens (including phenoxy) is 1. The summed E-state index contributed by atoms with van der Waals surface area (Å²) in [5.74, 6) is 1.99. The van der Waals surface area contributed by atoms with Crippen molar-refractivity contribution in [3.63, 3.8) is 0 Å². The van der Waals surface area contributed by atoms with Gasteiger partial charge in [0.15, 0.2) is 5.96 Å². The molecule has 7 nitrogen and oxygen atoms in total. The Balaban J connectivity index is 0.00000364. The van der Waals surface area contributed by atoms with Crippen molar-refractivity contribution < 1.29 is 4.74 Å². The van der Waals surface area contributed by atoms with Gasteiger partial charge in [0.25, 0.3) is 0 Å². The van der Waals surface area contributed by atoms with Crippen molar-refractivity contribution in [2.45, 2.75) is 52.6 Å². The molecule has 0 saturated heterocycles. The maximum Gasteiger partial charge on any atom is 0.189 e. The standard InChI is InChI=1S/C19H30N6O.HI/c1-14(2)6-5-7-15(3)22-19(20)21-12-16-13-25(24-23-16)17-8-10-18(26-4)11-9-17;/h8-11,13-15H,5-7,12H2,1-4H3,(H3,20,21,22);1H. The van der Waals surface area contributed by atoms with Crippen LogP contribution in [0, 0.1) is 5.92 Å². The number of guanidine groups is 1. The van der Waals surface area contributed by atoms with Crippen LogP contribution >= 0.6 is 24.0 Å². The summed E-state index contributed by atoms with van der Waals surface area (Å²) in [7, 11) is 1.64. The minimum Gasteiger partial charge on any atom is -0.497 e. The van der Waals surface area contributed by atoms with Gasteiger partial charge in [-0.3, -0.25) is 0 Å². The number of nitrogens with zero attached hydrogens (tertiary/aromatic N) is 4. The Morgan fingerprint density at radius 3 is 2.56 bits per heavy atom. The number of methoxy groups -OCH3 is 1. The van der Waals surface area contributed by atoms with Gasteiger partial charge in [0.05, 0.1) is 25.5 Å². The van der Waals surface area contributed by atoms with Crippen LogP contribution in [-0.2, 0) is 6.54 Å². The largest absolute Gasteiger partial charge is 0.497 e. The van der Waals surface area contributed by atoms with Gasteiger partial charge in [-0.1, -0.05) is 31.9 Å². The summed E-state index contributed by atoms with van der Waals surface area (Å²) in [5, 5.41) is 11.5. The van der Waals surface area contributed by atoms with E-state index >= 15 is 0 Å². The van der Waals surface area contributed by atoms with E-state index in [0.717, 1.165) is 29.5 Å². The molecule has 1 unspecified atom stereocenters. The maximum absolute atomic E-state index is 5.97. The number of nitrogens with two attached hydrogens (primary N) is 1. The summed E-state index contributed by atoms with van der Waals surface area (Å²) in [6, 6.07) is 7.94. The molecule has 0 radical (unpaired) electrons. The summed E-state index contributed by atoms with van der Waals surface area (Å²) >= 11 is 0. The minimum absolute atomic E-state index is 0. The first-order valence-electron chi connectivity index (χ1n) is 9.10. The van der Waals surface area contributed by atoms with E-state index in [1.807, 2.05) is 30.5 Å². The Kier molecular flexibility index (Phi) is 10.1. The van der Waals surface area contributed by atoms with E-state index in [0.29, 0.717) is 18.5 Å². The lowest BCUT2D eigenvalue weighted by molar-refractivity contribution is 0.414. The van der Waals surface area contributed by atoms with Gasteiger partial charge in [-0.2, -0.15) is 0 Å². The highest BCUT2D eigenvalue weighted by atomic mass is 127. The van der Waals surface area contributed by atoms with Crippen molar-refractivity contribution >= 4 is 29.9 Å². The van der Waals surface area contributed by atoms with Crippen LogP contribution in [0.15, 0.2) is 35.5 Å². The van der Waals surface area contributed by atoms with Crippen molar-refractivity contribution in [3.05, 3.63) is 36.2 Å². The first-order chi connectivity index (χ1) is 12.5. The Bertz CT molecular complexity index is 698. The molecule has 27 heavy (non-hydrogen) atoms. The number of nitrogens with one attached hydrogen (secondary N) is 1. The Labute approximate surface area is 178 Å². The normalized spacial score (nSPS) is 12.6. The van der Waals surface area contributed by atoms with E-state index in [1.165, 1.54) is 12.8 Å². The molecule has 8 heteroatoms. The molecular weight excluding hydrogens is 455 g/mol. The van der Waals surface area contributed by atoms with Crippen LogP contribution in [0.5, 0.6) is 5.75 Å². The van der Waals surface area contributed by atoms with Crippen LogP contribution in [0.4, 0.5) is 0 Å². The van der Waals surface area contributed by atoms with Crippen LogP contribution < -0.4 is 15.8 Å². The highest BCUT2D eigenvalue weighted by molar-refractivity contribution is 14.0. The highest BCUT2D eigenvalue weighted by Gasteiger charge is 2.06. The van der Waals surface area contributed by atoms with E-state index < -0.39 is 0 Å². The van der Waals surface area contributed by atoms with Crippen molar-refractivity contribution in [1.29, 1.82) is 0 Å². The highest BCUT2D eigenvalue weighted by Crippen LogP contribution is 2.14. The lowest BCUT2D eigenvalue weighted by Gasteiger charge is -2.14. The number of halogens is 1. The average Bonchev–Trinajstić information content (AvgIpc) is 3.08. The first kappa shape index (κ1) is 23.2. The second-order valence-corrected chi connectivity index (χ2v) is 6.92. The van der Waals surface area contributed by atoms with E-state index in [2.05, 4.69) is 41.4 Å². The second-order valence-electron chi connectivity index (χ2n) is 6.92.